The predicted molar refractivity (Wildman–Crippen MR) is 73.2 cm³/mol. The summed E-state index contributed by atoms with van der Waals surface area (Å²) in [6, 6.07) is 11.5. The molecule has 0 aliphatic carbocycles. The molecule has 0 spiro atoms. The van der Waals surface area contributed by atoms with Gasteiger partial charge in [0, 0.05) is 36.8 Å². The first kappa shape index (κ1) is 12.6. The van der Waals surface area contributed by atoms with Gasteiger partial charge in [-0.15, -0.1) is 0 Å². The Morgan fingerprint density at radius 1 is 1.47 bits per heavy atom. The fourth-order valence-electron chi connectivity index (χ4n) is 2.38. The van der Waals surface area contributed by atoms with Crippen molar-refractivity contribution in [2.24, 2.45) is 0 Å². The minimum atomic E-state index is 0.392. The van der Waals surface area contributed by atoms with Crippen LogP contribution in [-0.2, 0) is 0 Å². The lowest BCUT2D eigenvalue weighted by atomic mass is 10.0. The Labute approximate surface area is 108 Å². The number of hydrogen-bond donors (Lipinski definition) is 1. The van der Waals surface area contributed by atoms with Crippen LogP contribution in [0.4, 0.5) is 0 Å². The van der Waals surface area contributed by atoms with Gasteiger partial charge in [-0.25, -0.2) is 0 Å². The normalized spacial score (nSPS) is 25.8. The van der Waals surface area contributed by atoms with Gasteiger partial charge in [-0.05, 0) is 12.5 Å². The smallest absolute Gasteiger partial charge is 0.0477 e. The molecule has 3 heteroatoms. The number of nitrogens with zero attached hydrogens (tertiary/aromatic N) is 1. The number of rotatable bonds is 3. The van der Waals surface area contributed by atoms with Crippen molar-refractivity contribution in [1.29, 1.82) is 0 Å². The zero-order valence-electron chi connectivity index (χ0n) is 10.2. The van der Waals surface area contributed by atoms with E-state index in [0.29, 0.717) is 17.1 Å². The summed E-state index contributed by atoms with van der Waals surface area (Å²) in [4.78, 5) is 2.39. The number of halogens is 1. The van der Waals surface area contributed by atoms with Crippen molar-refractivity contribution >= 4 is 11.6 Å². The Bertz CT molecular complexity index is 377. The average Bonchev–Trinajstić information content (AvgIpc) is 2.29. The fourth-order valence-corrected chi connectivity index (χ4v) is 2.54. The second kappa shape index (κ2) is 5.67. The molecular weight excluding hydrogens is 232 g/mol. The van der Waals surface area contributed by atoms with Crippen LogP contribution in [0.15, 0.2) is 41.9 Å². The summed E-state index contributed by atoms with van der Waals surface area (Å²) in [5.74, 6) is 0. The first-order valence-electron chi connectivity index (χ1n) is 6.02. The lowest BCUT2D eigenvalue weighted by molar-refractivity contribution is 0.150. The summed E-state index contributed by atoms with van der Waals surface area (Å²) < 4.78 is 0. The maximum Gasteiger partial charge on any atom is 0.0477 e. The molecule has 1 saturated heterocycles. The third-order valence-corrected chi connectivity index (χ3v) is 3.29. The van der Waals surface area contributed by atoms with Gasteiger partial charge in [-0.1, -0.05) is 48.5 Å². The van der Waals surface area contributed by atoms with Crippen LogP contribution in [0.1, 0.15) is 18.5 Å². The van der Waals surface area contributed by atoms with Gasteiger partial charge in [0.1, 0.15) is 0 Å². The molecule has 17 heavy (non-hydrogen) atoms. The molecule has 1 aliphatic heterocycles. The molecule has 0 radical (unpaired) electrons. The summed E-state index contributed by atoms with van der Waals surface area (Å²) in [5, 5.41) is 4.23. The highest BCUT2D eigenvalue weighted by molar-refractivity contribution is 6.29. The zero-order valence-corrected chi connectivity index (χ0v) is 11.0. The highest BCUT2D eigenvalue weighted by Crippen LogP contribution is 2.24. The molecular formula is C14H19ClN2. The summed E-state index contributed by atoms with van der Waals surface area (Å²) >= 11 is 5.96. The predicted octanol–water partition coefficient (Wildman–Crippen LogP) is 2.77. The molecule has 2 rings (SSSR count). The molecule has 0 bridgehead atoms. The van der Waals surface area contributed by atoms with Crippen LogP contribution >= 0.6 is 11.6 Å². The molecule has 1 aliphatic rings. The van der Waals surface area contributed by atoms with E-state index < -0.39 is 0 Å². The van der Waals surface area contributed by atoms with E-state index in [4.69, 9.17) is 11.6 Å². The minimum Gasteiger partial charge on any atom is -0.311 e. The van der Waals surface area contributed by atoms with E-state index in [1.807, 2.05) is 6.07 Å². The van der Waals surface area contributed by atoms with Crippen LogP contribution in [0.5, 0.6) is 0 Å². The molecule has 1 heterocycles. The van der Waals surface area contributed by atoms with Crippen LogP contribution in [0.2, 0.25) is 0 Å². The molecule has 92 valence electrons. The molecule has 1 N–H and O–H groups in total. The lowest BCUT2D eigenvalue weighted by Gasteiger charge is -2.39. The van der Waals surface area contributed by atoms with Crippen molar-refractivity contribution < 1.29 is 0 Å². The van der Waals surface area contributed by atoms with Gasteiger partial charge >= 0.3 is 0 Å². The first-order chi connectivity index (χ1) is 8.16. The molecule has 0 saturated carbocycles. The maximum atomic E-state index is 5.96. The summed E-state index contributed by atoms with van der Waals surface area (Å²) in [5.41, 5.74) is 1.34. The Morgan fingerprint density at radius 2 is 2.18 bits per heavy atom. The standard InChI is InChI=1S/C14H19ClN2/c1-11(15)9-17-10-12(2)16-8-14(17)13-6-4-3-5-7-13/h3-7,12,14,16H,1,8-10H2,2H3. The van der Waals surface area contributed by atoms with E-state index in [0.717, 1.165) is 19.6 Å². The van der Waals surface area contributed by atoms with Crippen LogP contribution < -0.4 is 5.32 Å². The van der Waals surface area contributed by atoms with E-state index in [1.165, 1.54) is 5.56 Å². The molecule has 1 aromatic rings. The van der Waals surface area contributed by atoms with Crippen LogP contribution in [0.25, 0.3) is 0 Å². The topological polar surface area (TPSA) is 15.3 Å². The second-order valence-corrected chi connectivity index (χ2v) is 5.22. The van der Waals surface area contributed by atoms with Crippen molar-refractivity contribution in [3.8, 4) is 0 Å². The highest BCUT2D eigenvalue weighted by atomic mass is 35.5. The van der Waals surface area contributed by atoms with E-state index in [-0.39, 0.29) is 0 Å². The number of nitrogens with one attached hydrogen (secondary N) is 1. The Hall–Kier alpha value is -0.830. The SMILES string of the molecule is C=C(Cl)CN1CC(C)NCC1c1ccccc1. The van der Waals surface area contributed by atoms with Gasteiger partial charge in [0.15, 0.2) is 0 Å². The van der Waals surface area contributed by atoms with Crippen LogP contribution in [0.3, 0.4) is 0 Å². The molecule has 2 unspecified atom stereocenters. The third-order valence-electron chi connectivity index (χ3n) is 3.17. The summed E-state index contributed by atoms with van der Waals surface area (Å²) in [7, 11) is 0. The summed E-state index contributed by atoms with van der Waals surface area (Å²) in [6.45, 7) is 8.74. The lowest BCUT2D eigenvalue weighted by Crippen LogP contribution is -2.51. The maximum absolute atomic E-state index is 5.96. The summed E-state index contributed by atoms with van der Waals surface area (Å²) in [6.07, 6.45) is 0. The van der Waals surface area contributed by atoms with Gasteiger partial charge in [0.05, 0.1) is 0 Å². The molecule has 0 amide bonds. The van der Waals surface area contributed by atoms with Crippen molar-refractivity contribution in [2.45, 2.75) is 19.0 Å². The second-order valence-electron chi connectivity index (χ2n) is 4.68. The number of benzene rings is 1. The Balaban J connectivity index is 2.15. The first-order valence-corrected chi connectivity index (χ1v) is 6.40. The van der Waals surface area contributed by atoms with Gasteiger partial charge in [-0.3, -0.25) is 4.90 Å². The molecule has 0 aromatic heterocycles. The van der Waals surface area contributed by atoms with Gasteiger partial charge in [0.2, 0.25) is 0 Å². The van der Waals surface area contributed by atoms with Crippen molar-refractivity contribution in [1.82, 2.24) is 10.2 Å². The van der Waals surface area contributed by atoms with E-state index in [1.54, 1.807) is 0 Å². The number of piperazine rings is 1. The van der Waals surface area contributed by atoms with Crippen LogP contribution in [0, 0.1) is 0 Å². The Kier molecular flexibility index (Phi) is 4.21. The fraction of sp³-hybridized carbons (Fsp3) is 0.429. The van der Waals surface area contributed by atoms with Crippen molar-refractivity contribution in [3.63, 3.8) is 0 Å². The van der Waals surface area contributed by atoms with Gasteiger partial charge < -0.3 is 5.32 Å². The van der Waals surface area contributed by atoms with Gasteiger partial charge in [-0.2, -0.15) is 0 Å². The monoisotopic (exact) mass is 250 g/mol. The van der Waals surface area contributed by atoms with E-state index >= 15 is 0 Å². The van der Waals surface area contributed by atoms with E-state index in [9.17, 15) is 0 Å². The third kappa shape index (κ3) is 3.32. The molecule has 1 fully saturated rings. The molecule has 2 atom stereocenters. The van der Waals surface area contributed by atoms with Crippen molar-refractivity contribution in [2.75, 3.05) is 19.6 Å². The molecule has 1 aromatic carbocycles. The molecule has 2 nitrogen and oxygen atoms in total. The van der Waals surface area contributed by atoms with E-state index in [2.05, 4.69) is 48.0 Å². The van der Waals surface area contributed by atoms with Crippen molar-refractivity contribution in [3.05, 3.63) is 47.5 Å². The van der Waals surface area contributed by atoms with Crippen LogP contribution in [-0.4, -0.2) is 30.6 Å². The zero-order chi connectivity index (χ0) is 12.3. The van der Waals surface area contributed by atoms with Gasteiger partial charge in [0.25, 0.3) is 0 Å². The highest BCUT2D eigenvalue weighted by Gasteiger charge is 2.26. The minimum absolute atomic E-state index is 0.392. The Morgan fingerprint density at radius 3 is 2.82 bits per heavy atom. The number of hydrogen-bond acceptors (Lipinski definition) is 2. The largest absolute Gasteiger partial charge is 0.311 e. The quantitative estimate of drug-likeness (QED) is 0.888. The average molecular weight is 251 g/mol.